The number of nitrogens with zero attached hydrogens (tertiary/aromatic N) is 2. The Morgan fingerprint density at radius 3 is 2.91 bits per heavy atom. The summed E-state index contributed by atoms with van der Waals surface area (Å²) in [6.45, 7) is 1.12. The van der Waals surface area contributed by atoms with Crippen molar-refractivity contribution in [3.8, 4) is 0 Å². The molecule has 0 aromatic rings. The van der Waals surface area contributed by atoms with Crippen LogP contribution < -0.4 is 0 Å². The Morgan fingerprint density at radius 2 is 2.36 bits per heavy atom. The molecule has 0 saturated carbocycles. The predicted molar refractivity (Wildman–Crippen MR) is 38.4 cm³/mol. The standard InChI is InChI=1S/C6H10N2O3/c1-10-5-7-3-4-8(5)6(9)11-2/h3-4H2,1-2H3. The Bertz CT molecular complexity index is 190. The highest BCUT2D eigenvalue weighted by Crippen LogP contribution is 2.03. The number of carbonyl (C=O) groups excluding carboxylic acids is 1. The molecule has 0 radical (unpaired) electrons. The van der Waals surface area contributed by atoms with Crippen molar-refractivity contribution in [3.05, 3.63) is 0 Å². The summed E-state index contributed by atoms with van der Waals surface area (Å²) in [5.74, 6) is 0. The van der Waals surface area contributed by atoms with Gasteiger partial charge in [-0.05, 0) is 0 Å². The van der Waals surface area contributed by atoms with E-state index in [1.165, 1.54) is 19.1 Å². The third-order valence-corrected chi connectivity index (χ3v) is 1.38. The number of amidine groups is 1. The SMILES string of the molecule is COC(=O)N1CCN=C1OC. The Morgan fingerprint density at radius 1 is 1.64 bits per heavy atom. The quantitative estimate of drug-likeness (QED) is 0.501. The van der Waals surface area contributed by atoms with Crippen molar-refractivity contribution in [2.45, 2.75) is 0 Å². The van der Waals surface area contributed by atoms with Crippen LogP contribution >= 0.6 is 0 Å². The molecule has 1 heterocycles. The van der Waals surface area contributed by atoms with Crippen LogP contribution in [0.2, 0.25) is 0 Å². The van der Waals surface area contributed by atoms with E-state index in [1.807, 2.05) is 0 Å². The average Bonchev–Trinajstić information content (AvgIpc) is 2.50. The van der Waals surface area contributed by atoms with Gasteiger partial charge in [0.2, 0.25) is 0 Å². The molecule has 5 nitrogen and oxygen atoms in total. The summed E-state index contributed by atoms with van der Waals surface area (Å²) >= 11 is 0. The van der Waals surface area contributed by atoms with Gasteiger partial charge in [0.05, 0.1) is 27.3 Å². The van der Waals surface area contributed by atoms with Gasteiger partial charge in [-0.2, -0.15) is 0 Å². The van der Waals surface area contributed by atoms with Crippen molar-refractivity contribution in [1.29, 1.82) is 0 Å². The molecule has 11 heavy (non-hydrogen) atoms. The minimum Gasteiger partial charge on any atom is -0.468 e. The van der Waals surface area contributed by atoms with Gasteiger partial charge in [0.25, 0.3) is 6.02 Å². The lowest BCUT2D eigenvalue weighted by Gasteiger charge is -2.13. The average molecular weight is 158 g/mol. The van der Waals surface area contributed by atoms with E-state index in [0.717, 1.165) is 0 Å². The summed E-state index contributed by atoms with van der Waals surface area (Å²) in [6, 6.07) is 0.330. The van der Waals surface area contributed by atoms with Gasteiger partial charge >= 0.3 is 6.09 Å². The number of hydrogen-bond acceptors (Lipinski definition) is 4. The molecule has 0 N–H and O–H groups in total. The van der Waals surface area contributed by atoms with Crippen molar-refractivity contribution in [2.75, 3.05) is 27.3 Å². The number of ether oxygens (including phenoxy) is 2. The molecule has 0 aliphatic carbocycles. The molecular formula is C6H10N2O3. The van der Waals surface area contributed by atoms with Crippen LogP contribution in [0.5, 0.6) is 0 Å². The number of amides is 1. The zero-order valence-electron chi connectivity index (χ0n) is 6.53. The molecule has 0 saturated heterocycles. The lowest BCUT2D eigenvalue weighted by atomic mass is 10.6. The molecule has 1 amide bonds. The van der Waals surface area contributed by atoms with Crippen LogP contribution in [0.3, 0.4) is 0 Å². The van der Waals surface area contributed by atoms with E-state index in [0.29, 0.717) is 19.1 Å². The smallest absolute Gasteiger partial charge is 0.417 e. The first-order valence-electron chi connectivity index (χ1n) is 3.23. The molecule has 62 valence electrons. The monoisotopic (exact) mass is 158 g/mol. The molecule has 1 aliphatic rings. The zero-order valence-corrected chi connectivity index (χ0v) is 6.53. The molecule has 0 bridgehead atoms. The molecule has 0 atom stereocenters. The lowest BCUT2D eigenvalue weighted by molar-refractivity contribution is 0.141. The molecule has 1 aliphatic heterocycles. The van der Waals surface area contributed by atoms with Gasteiger partial charge in [0, 0.05) is 0 Å². The molecule has 0 unspecified atom stereocenters. The van der Waals surface area contributed by atoms with Gasteiger partial charge in [-0.25, -0.2) is 14.7 Å². The highest BCUT2D eigenvalue weighted by molar-refractivity contribution is 5.91. The Kier molecular flexibility index (Phi) is 2.30. The van der Waals surface area contributed by atoms with E-state index >= 15 is 0 Å². The van der Waals surface area contributed by atoms with Gasteiger partial charge in [-0.3, -0.25) is 0 Å². The van der Waals surface area contributed by atoms with Crippen LogP contribution in [0.4, 0.5) is 4.79 Å². The van der Waals surface area contributed by atoms with Gasteiger partial charge in [0.1, 0.15) is 0 Å². The summed E-state index contributed by atoms with van der Waals surface area (Å²) in [5.41, 5.74) is 0. The number of hydrogen-bond donors (Lipinski definition) is 0. The summed E-state index contributed by atoms with van der Waals surface area (Å²) in [6.07, 6.45) is -0.428. The summed E-state index contributed by atoms with van der Waals surface area (Å²) in [7, 11) is 2.80. The summed E-state index contributed by atoms with van der Waals surface area (Å²) < 4.78 is 9.31. The maximum Gasteiger partial charge on any atom is 0.417 e. The first-order chi connectivity index (χ1) is 5.29. The fourth-order valence-electron chi connectivity index (χ4n) is 0.881. The Hall–Kier alpha value is -1.26. The van der Waals surface area contributed by atoms with E-state index in [4.69, 9.17) is 4.74 Å². The summed E-state index contributed by atoms with van der Waals surface area (Å²) in [5, 5.41) is 0. The van der Waals surface area contributed by atoms with Crippen LogP contribution in [-0.2, 0) is 9.47 Å². The fourth-order valence-corrected chi connectivity index (χ4v) is 0.881. The molecule has 5 heteroatoms. The van der Waals surface area contributed by atoms with E-state index in [-0.39, 0.29) is 0 Å². The maximum atomic E-state index is 10.9. The predicted octanol–water partition coefficient (Wildman–Crippen LogP) is 0.0708. The first kappa shape index (κ1) is 7.84. The van der Waals surface area contributed by atoms with Crippen LogP contribution in [0.15, 0.2) is 4.99 Å². The normalized spacial score (nSPS) is 16.2. The maximum absolute atomic E-state index is 10.9. The highest BCUT2D eigenvalue weighted by Gasteiger charge is 2.24. The molecule has 0 spiro atoms. The molecule has 0 aromatic heterocycles. The molecule has 1 rings (SSSR count). The fraction of sp³-hybridized carbons (Fsp3) is 0.667. The molecule has 0 aromatic carbocycles. The number of carbonyl (C=O) groups is 1. The number of rotatable bonds is 0. The first-order valence-corrected chi connectivity index (χ1v) is 3.23. The third kappa shape index (κ3) is 1.42. The highest BCUT2D eigenvalue weighted by atomic mass is 16.6. The van der Waals surface area contributed by atoms with Gasteiger partial charge in [0.15, 0.2) is 0 Å². The molecule has 0 fully saturated rings. The summed E-state index contributed by atoms with van der Waals surface area (Å²) in [4.78, 5) is 16.2. The van der Waals surface area contributed by atoms with Crippen LogP contribution in [-0.4, -0.2) is 44.3 Å². The van der Waals surface area contributed by atoms with Crippen molar-refractivity contribution >= 4 is 12.1 Å². The second-order valence-corrected chi connectivity index (χ2v) is 1.99. The second kappa shape index (κ2) is 3.23. The Labute approximate surface area is 64.6 Å². The zero-order chi connectivity index (χ0) is 8.27. The van der Waals surface area contributed by atoms with Crippen LogP contribution in [0.25, 0.3) is 0 Å². The number of aliphatic imine (C=N–C) groups is 1. The van der Waals surface area contributed by atoms with Crippen molar-refractivity contribution in [3.63, 3.8) is 0 Å². The van der Waals surface area contributed by atoms with E-state index in [2.05, 4.69) is 9.73 Å². The number of methoxy groups -OCH3 is 2. The van der Waals surface area contributed by atoms with E-state index in [9.17, 15) is 4.79 Å². The van der Waals surface area contributed by atoms with Crippen LogP contribution in [0.1, 0.15) is 0 Å². The van der Waals surface area contributed by atoms with E-state index < -0.39 is 6.09 Å². The van der Waals surface area contributed by atoms with Gasteiger partial charge < -0.3 is 9.47 Å². The van der Waals surface area contributed by atoms with Crippen molar-refractivity contribution in [1.82, 2.24) is 4.90 Å². The van der Waals surface area contributed by atoms with Gasteiger partial charge in [-0.15, -0.1) is 0 Å². The van der Waals surface area contributed by atoms with E-state index in [1.54, 1.807) is 0 Å². The molecular weight excluding hydrogens is 148 g/mol. The van der Waals surface area contributed by atoms with Crippen LogP contribution in [0, 0.1) is 0 Å². The minimum absolute atomic E-state index is 0.330. The van der Waals surface area contributed by atoms with Crippen molar-refractivity contribution < 1.29 is 14.3 Å². The largest absolute Gasteiger partial charge is 0.468 e. The Balaban J connectivity index is 2.59. The minimum atomic E-state index is -0.428. The van der Waals surface area contributed by atoms with Gasteiger partial charge in [-0.1, -0.05) is 0 Å². The third-order valence-electron chi connectivity index (χ3n) is 1.38. The topological polar surface area (TPSA) is 51.1 Å². The lowest BCUT2D eigenvalue weighted by Crippen LogP contribution is -2.34. The second-order valence-electron chi connectivity index (χ2n) is 1.99. The van der Waals surface area contributed by atoms with Crippen molar-refractivity contribution in [2.24, 2.45) is 4.99 Å².